The lowest BCUT2D eigenvalue weighted by Crippen LogP contribution is -2.29. The molecule has 1 aromatic carbocycles. The van der Waals surface area contributed by atoms with E-state index in [1.807, 2.05) is 0 Å². The fourth-order valence-corrected chi connectivity index (χ4v) is 1.54. The monoisotopic (exact) mass is 256 g/mol. The van der Waals surface area contributed by atoms with E-state index >= 15 is 0 Å². The highest BCUT2D eigenvalue weighted by Crippen LogP contribution is 2.20. The van der Waals surface area contributed by atoms with Crippen LogP contribution in [0.3, 0.4) is 0 Å². The standard InChI is InChI=1S/C12H17ClN2O2/c1-8(16)5-6-15(2)12(17)9-3-4-11(14)10(13)7-9/h3-4,7-8,16H,5-6,14H2,1-2H3. The van der Waals surface area contributed by atoms with Gasteiger partial charge in [-0.1, -0.05) is 11.6 Å². The third-order valence-electron chi connectivity index (χ3n) is 2.48. The van der Waals surface area contributed by atoms with Crippen molar-refractivity contribution in [3.63, 3.8) is 0 Å². The van der Waals surface area contributed by atoms with Crippen LogP contribution in [0.4, 0.5) is 5.69 Å². The number of aliphatic hydroxyl groups excluding tert-OH is 1. The van der Waals surface area contributed by atoms with Gasteiger partial charge in [0.15, 0.2) is 0 Å². The van der Waals surface area contributed by atoms with E-state index in [9.17, 15) is 4.79 Å². The third-order valence-corrected chi connectivity index (χ3v) is 2.80. The summed E-state index contributed by atoms with van der Waals surface area (Å²) in [5.74, 6) is -0.132. The zero-order chi connectivity index (χ0) is 13.0. The molecule has 1 unspecified atom stereocenters. The first-order valence-corrected chi connectivity index (χ1v) is 5.78. The molecule has 0 aliphatic rings. The van der Waals surface area contributed by atoms with Gasteiger partial charge in [0, 0.05) is 19.2 Å². The number of halogens is 1. The molecular weight excluding hydrogens is 240 g/mol. The maximum absolute atomic E-state index is 12.0. The smallest absolute Gasteiger partial charge is 0.253 e. The van der Waals surface area contributed by atoms with Crippen LogP contribution in [0, 0.1) is 0 Å². The van der Waals surface area contributed by atoms with Gasteiger partial charge in [-0.05, 0) is 31.5 Å². The van der Waals surface area contributed by atoms with Crippen molar-refractivity contribution in [3.8, 4) is 0 Å². The van der Waals surface area contributed by atoms with Gasteiger partial charge in [0.2, 0.25) is 0 Å². The maximum atomic E-state index is 12.0. The molecule has 1 amide bonds. The lowest BCUT2D eigenvalue weighted by Gasteiger charge is -2.18. The minimum atomic E-state index is -0.416. The number of carbonyl (C=O) groups is 1. The summed E-state index contributed by atoms with van der Waals surface area (Å²) < 4.78 is 0. The van der Waals surface area contributed by atoms with Crippen LogP contribution >= 0.6 is 11.6 Å². The van der Waals surface area contributed by atoms with Crippen LogP contribution in [0.15, 0.2) is 18.2 Å². The van der Waals surface area contributed by atoms with Crippen LogP contribution in [-0.4, -0.2) is 35.6 Å². The van der Waals surface area contributed by atoms with E-state index in [1.165, 1.54) is 0 Å². The van der Waals surface area contributed by atoms with Crippen LogP contribution in [0.25, 0.3) is 0 Å². The van der Waals surface area contributed by atoms with E-state index in [4.69, 9.17) is 22.4 Å². The Morgan fingerprint density at radius 3 is 2.76 bits per heavy atom. The zero-order valence-electron chi connectivity index (χ0n) is 9.98. The van der Waals surface area contributed by atoms with E-state index in [-0.39, 0.29) is 5.91 Å². The van der Waals surface area contributed by atoms with E-state index in [2.05, 4.69) is 0 Å². The Labute approximate surface area is 106 Å². The van der Waals surface area contributed by atoms with Crippen molar-refractivity contribution in [3.05, 3.63) is 28.8 Å². The van der Waals surface area contributed by atoms with Crippen molar-refractivity contribution in [1.29, 1.82) is 0 Å². The quantitative estimate of drug-likeness (QED) is 0.807. The molecule has 0 bridgehead atoms. The molecule has 0 fully saturated rings. The van der Waals surface area contributed by atoms with Crippen molar-refractivity contribution in [2.45, 2.75) is 19.4 Å². The fraction of sp³-hybridized carbons (Fsp3) is 0.417. The summed E-state index contributed by atoms with van der Waals surface area (Å²) in [5, 5.41) is 9.53. The molecule has 17 heavy (non-hydrogen) atoms. The van der Waals surface area contributed by atoms with Crippen LogP contribution in [-0.2, 0) is 0 Å². The Morgan fingerprint density at radius 2 is 2.24 bits per heavy atom. The largest absolute Gasteiger partial charge is 0.398 e. The van der Waals surface area contributed by atoms with Gasteiger partial charge in [-0.2, -0.15) is 0 Å². The molecule has 1 atom stereocenters. The molecule has 1 rings (SSSR count). The van der Waals surface area contributed by atoms with Crippen molar-refractivity contribution < 1.29 is 9.90 Å². The highest BCUT2D eigenvalue weighted by molar-refractivity contribution is 6.33. The summed E-state index contributed by atoms with van der Waals surface area (Å²) in [7, 11) is 1.69. The first kappa shape index (κ1) is 13.8. The topological polar surface area (TPSA) is 66.6 Å². The predicted octanol–water partition coefficient (Wildman–Crippen LogP) is 1.77. The van der Waals surface area contributed by atoms with Gasteiger partial charge in [-0.25, -0.2) is 0 Å². The minimum Gasteiger partial charge on any atom is -0.398 e. The molecule has 5 heteroatoms. The third kappa shape index (κ3) is 3.91. The second kappa shape index (κ2) is 5.89. The first-order chi connectivity index (χ1) is 7.91. The van der Waals surface area contributed by atoms with Gasteiger partial charge in [-0.15, -0.1) is 0 Å². The second-order valence-corrected chi connectivity index (χ2v) is 4.51. The number of anilines is 1. The number of rotatable bonds is 4. The molecule has 0 saturated carbocycles. The molecule has 0 heterocycles. The summed E-state index contributed by atoms with van der Waals surface area (Å²) in [4.78, 5) is 13.5. The molecule has 0 aromatic heterocycles. The maximum Gasteiger partial charge on any atom is 0.253 e. The molecule has 0 saturated heterocycles. The number of nitrogens with zero attached hydrogens (tertiary/aromatic N) is 1. The number of nitrogens with two attached hydrogens (primary N) is 1. The fourth-order valence-electron chi connectivity index (χ4n) is 1.36. The highest BCUT2D eigenvalue weighted by atomic mass is 35.5. The Bertz CT molecular complexity index is 407. The molecule has 0 aliphatic carbocycles. The van der Waals surface area contributed by atoms with Crippen LogP contribution in [0.1, 0.15) is 23.7 Å². The number of carbonyl (C=O) groups excluding carboxylic acids is 1. The molecule has 0 radical (unpaired) electrons. The normalized spacial score (nSPS) is 12.2. The minimum absolute atomic E-state index is 0.132. The molecule has 4 nitrogen and oxygen atoms in total. The van der Waals surface area contributed by atoms with Gasteiger partial charge in [-0.3, -0.25) is 4.79 Å². The van der Waals surface area contributed by atoms with Crippen molar-refractivity contribution in [2.75, 3.05) is 19.3 Å². The summed E-state index contributed by atoms with van der Waals surface area (Å²) in [5.41, 5.74) is 6.52. The summed E-state index contributed by atoms with van der Waals surface area (Å²) in [6, 6.07) is 4.80. The average molecular weight is 257 g/mol. The number of nitrogen functional groups attached to an aromatic ring is 1. The van der Waals surface area contributed by atoms with Gasteiger partial charge in [0.05, 0.1) is 16.8 Å². The van der Waals surface area contributed by atoms with E-state index < -0.39 is 6.10 Å². The molecule has 94 valence electrons. The zero-order valence-corrected chi connectivity index (χ0v) is 10.7. The van der Waals surface area contributed by atoms with Gasteiger partial charge in [0.25, 0.3) is 5.91 Å². The van der Waals surface area contributed by atoms with E-state index in [0.29, 0.717) is 29.2 Å². The Morgan fingerprint density at radius 1 is 1.59 bits per heavy atom. The van der Waals surface area contributed by atoms with Crippen molar-refractivity contribution in [2.24, 2.45) is 0 Å². The van der Waals surface area contributed by atoms with Gasteiger partial charge in [0.1, 0.15) is 0 Å². The predicted molar refractivity (Wildman–Crippen MR) is 69.1 cm³/mol. The summed E-state index contributed by atoms with van der Waals surface area (Å²) in [6.45, 7) is 2.19. The van der Waals surface area contributed by atoms with Gasteiger partial charge < -0.3 is 15.7 Å². The Kier molecular flexibility index (Phi) is 4.78. The van der Waals surface area contributed by atoms with Crippen molar-refractivity contribution >= 4 is 23.2 Å². The lowest BCUT2D eigenvalue weighted by atomic mass is 10.1. The number of hydrogen-bond acceptors (Lipinski definition) is 3. The highest BCUT2D eigenvalue weighted by Gasteiger charge is 2.13. The molecule has 1 aromatic rings. The van der Waals surface area contributed by atoms with Crippen LogP contribution < -0.4 is 5.73 Å². The van der Waals surface area contributed by atoms with Crippen LogP contribution in [0.5, 0.6) is 0 Å². The Hall–Kier alpha value is -1.26. The Balaban J connectivity index is 2.71. The number of hydrogen-bond donors (Lipinski definition) is 2. The second-order valence-electron chi connectivity index (χ2n) is 4.10. The lowest BCUT2D eigenvalue weighted by molar-refractivity contribution is 0.0769. The van der Waals surface area contributed by atoms with Crippen LogP contribution in [0.2, 0.25) is 5.02 Å². The van der Waals surface area contributed by atoms with E-state index in [1.54, 1.807) is 37.1 Å². The number of amides is 1. The molecular formula is C12H17ClN2O2. The average Bonchev–Trinajstić information content (AvgIpc) is 2.28. The number of benzene rings is 1. The molecule has 0 spiro atoms. The molecule has 0 aliphatic heterocycles. The van der Waals surface area contributed by atoms with Crippen molar-refractivity contribution in [1.82, 2.24) is 4.90 Å². The molecule has 3 N–H and O–H groups in total. The van der Waals surface area contributed by atoms with Gasteiger partial charge >= 0.3 is 0 Å². The van der Waals surface area contributed by atoms with E-state index in [0.717, 1.165) is 0 Å². The summed E-state index contributed by atoms with van der Waals surface area (Å²) >= 11 is 5.85. The SMILES string of the molecule is CC(O)CCN(C)C(=O)c1ccc(N)c(Cl)c1. The number of aliphatic hydroxyl groups is 1. The summed E-state index contributed by atoms with van der Waals surface area (Å²) in [6.07, 6.45) is 0.130. The first-order valence-electron chi connectivity index (χ1n) is 5.40.